The summed E-state index contributed by atoms with van der Waals surface area (Å²) in [5.41, 5.74) is 1.06. The number of rotatable bonds is 8. The molecule has 6 heteroatoms. The Morgan fingerprint density at radius 3 is 2.42 bits per heavy atom. The minimum Gasteiger partial charge on any atom is -0.497 e. The number of carbonyl (C=O) groups excluding carboxylic acids is 2. The second kappa shape index (κ2) is 8.57. The molecule has 1 aliphatic carbocycles. The summed E-state index contributed by atoms with van der Waals surface area (Å²) in [7, 11) is 1.63. The fraction of sp³-hybridized carbons (Fsp3) is 0.556. The number of hydrogen-bond donors (Lipinski definition) is 2. The molecule has 0 spiro atoms. The van der Waals surface area contributed by atoms with Gasteiger partial charge in [-0.25, -0.2) is 4.79 Å². The predicted molar refractivity (Wildman–Crippen MR) is 90.8 cm³/mol. The number of urea groups is 1. The largest absolute Gasteiger partial charge is 0.497 e. The van der Waals surface area contributed by atoms with Crippen molar-refractivity contribution in [2.24, 2.45) is 5.92 Å². The Morgan fingerprint density at radius 2 is 1.88 bits per heavy atom. The third kappa shape index (κ3) is 5.76. The lowest BCUT2D eigenvalue weighted by Crippen LogP contribution is -2.39. The zero-order valence-corrected chi connectivity index (χ0v) is 14.5. The van der Waals surface area contributed by atoms with E-state index in [1.807, 2.05) is 24.3 Å². The van der Waals surface area contributed by atoms with Crippen molar-refractivity contribution < 1.29 is 19.1 Å². The van der Waals surface area contributed by atoms with Gasteiger partial charge in [-0.2, -0.15) is 0 Å². The van der Waals surface area contributed by atoms with Gasteiger partial charge in [-0.05, 0) is 50.3 Å². The fourth-order valence-electron chi connectivity index (χ4n) is 2.51. The lowest BCUT2D eigenvalue weighted by atomic mass is 10.0. The van der Waals surface area contributed by atoms with Gasteiger partial charge in [0.2, 0.25) is 0 Å². The molecule has 6 nitrogen and oxygen atoms in total. The van der Waals surface area contributed by atoms with Crippen molar-refractivity contribution in [3.63, 3.8) is 0 Å². The van der Waals surface area contributed by atoms with E-state index >= 15 is 0 Å². The molecule has 1 fully saturated rings. The normalized spacial score (nSPS) is 14.8. The molecule has 1 saturated carbocycles. The zero-order chi connectivity index (χ0) is 17.5. The van der Waals surface area contributed by atoms with Crippen LogP contribution in [0.5, 0.6) is 5.75 Å². The van der Waals surface area contributed by atoms with E-state index in [4.69, 9.17) is 9.47 Å². The van der Waals surface area contributed by atoms with E-state index in [2.05, 4.69) is 10.6 Å². The number of carbonyl (C=O) groups is 2. The van der Waals surface area contributed by atoms with Crippen LogP contribution in [0.1, 0.15) is 44.7 Å². The molecular formula is C18H26N2O4. The molecule has 1 aliphatic rings. The van der Waals surface area contributed by atoms with Gasteiger partial charge in [-0.3, -0.25) is 4.79 Å². The van der Waals surface area contributed by atoms with Crippen LogP contribution in [0.2, 0.25) is 0 Å². The van der Waals surface area contributed by atoms with E-state index in [0.29, 0.717) is 5.92 Å². The van der Waals surface area contributed by atoms with Crippen LogP contribution >= 0.6 is 0 Å². The van der Waals surface area contributed by atoms with Crippen LogP contribution in [0.4, 0.5) is 4.79 Å². The minimum absolute atomic E-state index is 0.0153. The average Bonchev–Trinajstić information content (AvgIpc) is 3.37. The number of esters is 1. The van der Waals surface area contributed by atoms with Gasteiger partial charge in [0.25, 0.3) is 0 Å². The van der Waals surface area contributed by atoms with Crippen LogP contribution in [-0.4, -0.2) is 31.8 Å². The fourth-order valence-corrected chi connectivity index (χ4v) is 2.51. The first-order valence-electron chi connectivity index (χ1n) is 8.37. The van der Waals surface area contributed by atoms with E-state index in [1.165, 1.54) is 0 Å². The van der Waals surface area contributed by atoms with Crippen LogP contribution < -0.4 is 15.4 Å². The monoisotopic (exact) mass is 334 g/mol. The summed E-state index contributed by atoms with van der Waals surface area (Å²) < 4.78 is 10.2. The van der Waals surface area contributed by atoms with Crippen LogP contribution in [-0.2, 0) is 9.53 Å². The third-order valence-electron chi connectivity index (χ3n) is 3.84. The third-order valence-corrected chi connectivity index (χ3v) is 3.84. The van der Waals surface area contributed by atoms with Crippen LogP contribution in [0, 0.1) is 5.92 Å². The van der Waals surface area contributed by atoms with Crippen LogP contribution in [0.25, 0.3) is 0 Å². The first kappa shape index (κ1) is 18.1. The summed E-state index contributed by atoms with van der Waals surface area (Å²) in [6.07, 6.45) is 2.25. The van der Waals surface area contributed by atoms with Crippen LogP contribution in [0.3, 0.4) is 0 Å². The number of amides is 2. The number of benzene rings is 1. The van der Waals surface area contributed by atoms with E-state index in [9.17, 15) is 9.59 Å². The Balaban J connectivity index is 1.82. The van der Waals surface area contributed by atoms with Crippen molar-refractivity contribution in [3.05, 3.63) is 29.8 Å². The quantitative estimate of drug-likeness (QED) is 0.717. The predicted octanol–water partition coefficient (Wildman–Crippen LogP) is 2.79. The topological polar surface area (TPSA) is 76.7 Å². The number of hydrogen-bond acceptors (Lipinski definition) is 4. The van der Waals surface area contributed by atoms with Gasteiger partial charge in [0.15, 0.2) is 0 Å². The van der Waals surface area contributed by atoms with Gasteiger partial charge < -0.3 is 20.1 Å². The smallest absolute Gasteiger partial charge is 0.315 e. The lowest BCUT2D eigenvalue weighted by Gasteiger charge is -2.19. The molecular weight excluding hydrogens is 308 g/mol. The van der Waals surface area contributed by atoms with Crippen molar-refractivity contribution in [1.82, 2.24) is 10.6 Å². The molecule has 0 aliphatic heterocycles. The molecule has 1 unspecified atom stereocenters. The molecule has 1 aromatic rings. The Hall–Kier alpha value is -2.24. The van der Waals surface area contributed by atoms with E-state index in [1.54, 1.807) is 21.0 Å². The number of methoxy groups -OCH3 is 1. The zero-order valence-electron chi connectivity index (χ0n) is 14.5. The highest BCUT2D eigenvalue weighted by Crippen LogP contribution is 2.41. The highest BCUT2D eigenvalue weighted by atomic mass is 16.5. The first-order chi connectivity index (χ1) is 11.5. The average molecular weight is 334 g/mol. The summed E-state index contributed by atoms with van der Waals surface area (Å²) in [6, 6.07) is 7.46. The van der Waals surface area contributed by atoms with Gasteiger partial charge in [0, 0.05) is 6.54 Å². The maximum atomic E-state index is 12.1. The van der Waals surface area contributed by atoms with Crippen molar-refractivity contribution in [2.45, 2.75) is 45.3 Å². The Morgan fingerprint density at radius 1 is 1.21 bits per heavy atom. The summed E-state index contributed by atoms with van der Waals surface area (Å²) in [5.74, 6) is 0.954. The standard InChI is InChI=1S/C18H26N2O4/c1-12(2)24-16(21)10-11-19-18(22)20-17(13-4-5-13)14-6-8-15(23-3)9-7-14/h6-9,12-13,17H,4-5,10-11H2,1-3H3,(H2,19,20,22). The lowest BCUT2D eigenvalue weighted by molar-refractivity contribution is -0.147. The second-order valence-electron chi connectivity index (χ2n) is 6.28. The summed E-state index contributed by atoms with van der Waals surface area (Å²) in [6.45, 7) is 3.86. The van der Waals surface area contributed by atoms with E-state index < -0.39 is 0 Å². The Bertz CT molecular complexity index is 553. The van der Waals surface area contributed by atoms with E-state index in [0.717, 1.165) is 24.2 Å². The summed E-state index contributed by atoms with van der Waals surface area (Å²) >= 11 is 0. The van der Waals surface area contributed by atoms with E-state index in [-0.39, 0.29) is 37.1 Å². The highest BCUT2D eigenvalue weighted by Gasteiger charge is 2.33. The van der Waals surface area contributed by atoms with Crippen molar-refractivity contribution >= 4 is 12.0 Å². The first-order valence-corrected chi connectivity index (χ1v) is 8.37. The Kier molecular flexibility index (Phi) is 6.46. The van der Waals surface area contributed by atoms with Crippen molar-refractivity contribution in [3.8, 4) is 5.75 Å². The van der Waals surface area contributed by atoms with Gasteiger partial charge in [-0.1, -0.05) is 12.1 Å². The van der Waals surface area contributed by atoms with Gasteiger partial charge >= 0.3 is 12.0 Å². The number of ether oxygens (including phenoxy) is 2. The van der Waals surface area contributed by atoms with Gasteiger partial charge in [0.05, 0.1) is 25.7 Å². The molecule has 0 saturated heterocycles. The minimum atomic E-state index is -0.306. The van der Waals surface area contributed by atoms with Gasteiger partial charge in [0.1, 0.15) is 5.75 Å². The molecule has 2 rings (SSSR count). The molecule has 2 amide bonds. The molecule has 2 N–H and O–H groups in total. The highest BCUT2D eigenvalue weighted by molar-refractivity contribution is 5.76. The molecule has 0 radical (unpaired) electrons. The SMILES string of the molecule is COc1ccc(C(NC(=O)NCCC(=O)OC(C)C)C2CC2)cc1. The van der Waals surface area contributed by atoms with Crippen LogP contribution in [0.15, 0.2) is 24.3 Å². The molecule has 1 atom stereocenters. The van der Waals surface area contributed by atoms with Gasteiger partial charge in [-0.15, -0.1) is 0 Å². The maximum absolute atomic E-state index is 12.1. The summed E-state index contributed by atoms with van der Waals surface area (Å²) in [5, 5.41) is 5.72. The Labute approximate surface area is 142 Å². The molecule has 132 valence electrons. The number of nitrogens with one attached hydrogen (secondary N) is 2. The molecule has 0 heterocycles. The molecule has 24 heavy (non-hydrogen) atoms. The maximum Gasteiger partial charge on any atom is 0.315 e. The molecule has 0 bridgehead atoms. The van der Waals surface area contributed by atoms with Crippen molar-refractivity contribution in [2.75, 3.05) is 13.7 Å². The van der Waals surface area contributed by atoms with Crippen molar-refractivity contribution in [1.29, 1.82) is 0 Å². The molecule has 1 aromatic carbocycles. The second-order valence-corrected chi connectivity index (χ2v) is 6.28. The summed E-state index contributed by atoms with van der Waals surface area (Å²) in [4.78, 5) is 23.5. The molecule has 0 aromatic heterocycles.